The Balaban J connectivity index is 1.67. The number of carbonyl (C=O) groups is 1. The number of anilines is 1. The van der Waals surface area contributed by atoms with Crippen LogP contribution in [0.3, 0.4) is 0 Å². The van der Waals surface area contributed by atoms with Gasteiger partial charge < -0.3 is 4.90 Å². The number of piperidine rings is 1. The third-order valence-corrected chi connectivity index (χ3v) is 5.29. The smallest absolute Gasteiger partial charge is 0.229 e. The maximum absolute atomic E-state index is 13.3. The van der Waals surface area contributed by atoms with E-state index >= 15 is 0 Å². The zero-order chi connectivity index (χ0) is 19.4. The molecule has 1 fully saturated rings. The number of hydrogen-bond donors (Lipinski definition) is 0. The molecule has 3 rings (SSSR count). The lowest BCUT2D eigenvalue weighted by molar-refractivity contribution is -0.122. The van der Waals surface area contributed by atoms with Gasteiger partial charge in [-0.15, -0.1) is 0 Å². The van der Waals surface area contributed by atoms with Crippen molar-refractivity contribution in [3.8, 4) is 0 Å². The largest absolute Gasteiger partial charge is 0.309 e. The fraction of sp³-hybridized carbons (Fsp3) is 0.435. The van der Waals surface area contributed by atoms with Crippen LogP contribution in [0.5, 0.6) is 0 Å². The summed E-state index contributed by atoms with van der Waals surface area (Å²) < 4.78 is 13.3. The van der Waals surface area contributed by atoms with E-state index in [1.807, 2.05) is 18.7 Å². The summed E-state index contributed by atoms with van der Waals surface area (Å²) in [6.45, 7) is 8.81. The van der Waals surface area contributed by atoms with Gasteiger partial charge in [-0.1, -0.05) is 43.7 Å². The van der Waals surface area contributed by atoms with Crippen LogP contribution < -0.4 is 4.90 Å². The highest BCUT2D eigenvalue weighted by Gasteiger charge is 2.30. The number of halogens is 1. The molecule has 1 aliphatic rings. The molecule has 2 aromatic rings. The fourth-order valence-corrected chi connectivity index (χ4v) is 3.69. The first-order valence-corrected chi connectivity index (χ1v) is 9.80. The summed E-state index contributed by atoms with van der Waals surface area (Å²) in [6, 6.07) is 15.1. The van der Waals surface area contributed by atoms with Crippen molar-refractivity contribution in [1.29, 1.82) is 0 Å². The second-order valence-electron chi connectivity index (χ2n) is 7.83. The Hall–Kier alpha value is -2.20. The van der Waals surface area contributed by atoms with Crippen molar-refractivity contribution >= 4 is 11.6 Å². The predicted octanol–water partition coefficient (Wildman–Crippen LogP) is 4.79. The van der Waals surface area contributed by atoms with Crippen LogP contribution in [0.25, 0.3) is 0 Å². The van der Waals surface area contributed by atoms with Gasteiger partial charge in [-0.2, -0.15) is 0 Å². The average molecular weight is 368 g/mol. The molecule has 2 aromatic carbocycles. The van der Waals surface area contributed by atoms with Gasteiger partial charge in [0.25, 0.3) is 0 Å². The first-order valence-electron chi connectivity index (χ1n) is 9.80. The van der Waals surface area contributed by atoms with E-state index in [0.29, 0.717) is 0 Å². The lowest BCUT2D eigenvalue weighted by atomic mass is 9.99. The highest BCUT2D eigenvalue weighted by molar-refractivity contribution is 5.95. The molecule has 0 aliphatic carbocycles. The molecule has 144 valence electrons. The highest BCUT2D eigenvalue weighted by atomic mass is 19.1. The van der Waals surface area contributed by atoms with Crippen molar-refractivity contribution in [3.05, 3.63) is 65.5 Å². The minimum Gasteiger partial charge on any atom is -0.309 e. The lowest BCUT2D eigenvalue weighted by Crippen LogP contribution is -2.48. The fourth-order valence-electron chi connectivity index (χ4n) is 3.69. The first-order chi connectivity index (χ1) is 12.9. The number of aryl methyl sites for hydroxylation is 1. The minimum atomic E-state index is -0.274. The van der Waals surface area contributed by atoms with Gasteiger partial charge >= 0.3 is 0 Å². The molecule has 0 bridgehead atoms. The van der Waals surface area contributed by atoms with Gasteiger partial charge in [0.1, 0.15) is 5.82 Å². The predicted molar refractivity (Wildman–Crippen MR) is 108 cm³/mol. The van der Waals surface area contributed by atoms with Crippen LogP contribution in [0, 0.1) is 18.7 Å². The quantitative estimate of drug-likeness (QED) is 0.758. The maximum atomic E-state index is 13.3. The zero-order valence-electron chi connectivity index (χ0n) is 16.5. The van der Waals surface area contributed by atoms with Gasteiger partial charge in [0.15, 0.2) is 0 Å². The minimum absolute atomic E-state index is 0.0827. The molecule has 1 heterocycles. The number of nitrogens with zero attached hydrogens (tertiary/aromatic N) is 2. The van der Waals surface area contributed by atoms with Gasteiger partial charge in [0.2, 0.25) is 5.91 Å². The van der Waals surface area contributed by atoms with Gasteiger partial charge in [0.05, 0.1) is 0 Å². The molecular weight excluding hydrogens is 339 g/mol. The van der Waals surface area contributed by atoms with E-state index in [0.717, 1.165) is 38.2 Å². The van der Waals surface area contributed by atoms with Crippen LogP contribution >= 0.6 is 0 Å². The second-order valence-corrected chi connectivity index (χ2v) is 7.83. The average Bonchev–Trinajstić information content (AvgIpc) is 2.66. The molecule has 0 radical (unpaired) electrons. The van der Waals surface area contributed by atoms with Crippen molar-refractivity contribution in [2.45, 2.75) is 46.2 Å². The molecule has 3 nitrogen and oxygen atoms in total. The second kappa shape index (κ2) is 8.66. The zero-order valence-corrected chi connectivity index (χ0v) is 16.5. The summed E-state index contributed by atoms with van der Waals surface area (Å²) in [5.41, 5.74) is 3.40. The molecule has 27 heavy (non-hydrogen) atoms. The Morgan fingerprint density at radius 1 is 1.07 bits per heavy atom. The lowest BCUT2D eigenvalue weighted by Gasteiger charge is -2.39. The molecule has 0 aromatic heterocycles. The molecule has 0 saturated carbocycles. The number of benzene rings is 2. The van der Waals surface area contributed by atoms with Crippen LogP contribution in [0.15, 0.2) is 48.5 Å². The third-order valence-electron chi connectivity index (χ3n) is 5.29. The van der Waals surface area contributed by atoms with Crippen molar-refractivity contribution in [1.82, 2.24) is 4.90 Å². The number of likely N-dealkylation sites (tertiary alicyclic amines) is 1. The topological polar surface area (TPSA) is 23.6 Å². The van der Waals surface area contributed by atoms with E-state index in [9.17, 15) is 9.18 Å². The summed E-state index contributed by atoms with van der Waals surface area (Å²) in [6.07, 6.45) is 1.86. The molecule has 0 unspecified atom stereocenters. The number of rotatable bonds is 5. The normalized spacial score (nSPS) is 15.9. The number of carbonyl (C=O) groups excluding carboxylic acids is 1. The Kier molecular flexibility index (Phi) is 6.27. The van der Waals surface area contributed by atoms with E-state index in [1.54, 1.807) is 12.1 Å². The van der Waals surface area contributed by atoms with Crippen molar-refractivity contribution in [3.63, 3.8) is 0 Å². The Morgan fingerprint density at radius 3 is 2.22 bits per heavy atom. The van der Waals surface area contributed by atoms with Crippen LogP contribution in [-0.4, -0.2) is 29.9 Å². The maximum Gasteiger partial charge on any atom is 0.229 e. The Morgan fingerprint density at radius 2 is 1.67 bits per heavy atom. The highest BCUT2D eigenvalue weighted by Crippen LogP contribution is 2.26. The number of hydrogen-bond acceptors (Lipinski definition) is 2. The van der Waals surface area contributed by atoms with Gasteiger partial charge in [-0.3, -0.25) is 9.69 Å². The van der Waals surface area contributed by atoms with Crippen LogP contribution in [0.1, 0.15) is 37.8 Å². The van der Waals surface area contributed by atoms with Gasteiger partial charge in [0, 0.05) is 37.3 Å². The first kappa shape index (κ1) is 19.6. The van der Waals surface area contributed by atoms with E-state index in [2.05, 4.69) is 36.1 Å². The van der Waals surface area contributed by atoms with Crippen molar-refractivity contribution in [2.24, 2.45) is 5.92 Å². The molecule has 0 N–H and O–H groups in total. The standard InChI is InChI=1S/C23H29FN2O/c1-17(2)23(27)26(21-10-8-20(24)9-11-21)22-12-14-25(15-13-22)16-19-6-4-18(3)5-7-19/h4-11,17,22H,12-16H2,1-3H3. The SMILES string of the molecule is Cc1ccc(CN2CCC(N(C(=O)C(C)C)c3ccc(F)cc3)CC2)cc1. The summed E-state index contributed by atoms with van der Waals surface area (Å²) in [5, 5.41) is 0. The van der Waals surface area contributed by atoms with E-state index in [-0.39, 0.29) is 23.7 Å². The van der Waals surface area contributed by atoms with Crippen molar-refractivity contribution < 1.29 is 9.18 Å². The molecular formula is C23H29FN2O. The van der Waals surface area contributed by atoms with Gasteiger partial charge in [-0.05, 0) is 49.6 Å². The molecule has 4 heteroatoms. The Labute approximate surface area is 161 Å². The van der Waals surface area contributed by atoms with Gasteiger partial charge in [-0.25, -0.2) is 4.39 Å². The van der Waals surface area contributed by atoms with E-state index in [1.165, 1.54) is 23.3 Å². The monoisotopic (exact) mass is 368 g/mol. The van der Waals surface area contributed by atoms with Crippen LogP contribution in [0.2, 0.25) is 0 Å². The summed E-state index contributed by atoms with van der Waals surface area (Å²) >= 11 is 0. The van der Waals surface area contributed by atoms with Crippen LogP contribution in [0.4, 0.5) is 10.1 Å². The Bertz CT molecular complexity index is 747. The van der Waals surface area contributed by atoms with Crippen molar-refractivity contribution in [2.75, 3.05) is 18.0 Å². The van der Waals surface area contributed by atoms with Crippen LogP contribution in [-0.2, 0) is 11.3 Å². The molecule has 1 saturated heterocycles. The number of amides is 1. The van der Waals surface area contributed by atoms with E-state index < -0.39 is 0 Å². The molecule has 1 amide bonds. The third kappa shape index (κ3) is 4.95. The molecule has 0 atom stereocenters. The van der Waals surface area contributed by atoms with E-state index in [4.69, 9.17) is 0 Å². The summed E-state index contributed by atoms with van der Waals surface area (Å²) in [7, 11) is 0. The molecule has 0 spiro atoms. The molecule has 1 aliphatic heterocycles. The summed E-state index contributed by atoms with van der Waals surface area (Å²) in [5.74, 6) is -0.247. The summed E-state index contributed by atoms with van der Waals surface area (Å²) in [4.78, 5) is 17.2.